The quantitative estimate of drug-likeness (QED) is 0.880. The molecule has 0 aliphatic heterocycles. The molecule has 0 bridgehead atoms. The molecule has 0 fully saturated rings. The molecule has 1 atom stereocenters. The molecule has 3 nitrogen and oxygen atoms in total. The van der Waals surface area contributed by atoms with Gasteiger partial charge in [0.2, 0.25) is 0 Å². The molecule has 19 heavy (non-hydrogen) atoms. The van der Waals surface area contributed by atoms with Gasteiger partial charge >= 0.3 is 0 Å². The zero-order chi connectivity index (χ0) is 13.8. The second-order valence-corrected chi connectivity index (χ2v) is 6.49. The van der Waals surface area contributed by atoms with Gasteiger partial charge in [0.15, 0.2) is 0 Å². The van der Waals surface area contributed by atoms with Gasteiger partial charge in [-0.1, -0.05) is 13.8 Å². The molecule has 0 saturated carbocycles. The summed E-state index contributed by atoms with van der Waals surface area (Å²) >= 11 is 1.75. The van der Waals surface area contributed by atoms with E-state index in [1.54, 1.807) is 18.4 Å². The minimum atomic E-state index is 0.530. The second-order valence-electron chi connectivity index (χ2n) is 5.38. The Morgan fingerprint density at radius 2 is 2.16 bits per heavy atom. The first-order chi connectivity index (χ1) is 9.12. The van der Waals surface area contributed by atoms with Crippen LogP contribution in [0.25, 0.3) is 10.2 Å². The van der Waals surface area contributed by atoms with E-state index in [-0.39, 0.29) is 0 Å². The molecule has 2 rings (SSSR count). The minimum Gasteiger partial charge on any atom is -0.497 e. The first-order valence-corrected chi connectivity index (χ1v) is 7.57. The average Bonchev–Trinajstić information content (AvgIpc) is 2.78. The lowest BCUT2D eigenvalue weighted by molar-refractivity contribution is 0.414. The van der Waals surface area contributed by atoms with Crippen molar-refractivity contribution < 1.29 is 4.74 Å². The Morgan fingerprint density at radius 3 is 2.79 bits per heavy atom. The number of nitrogens with zero attached hydrogens (tertiary/aromatic N) is 1. The molecule has 2 aromatic rings. The molecule has 2 N–H and O–H groups in total. The van der Waals surface area contributed by atoms with Gasteiger partial charge in [0.05, 0.1) is 22.3 Å². The molecule has 1 aromatic carbocycles. The number of methoxy groups -OCH3 is 1. The first-order valence-electron chi connectivity index (χ1n) is 6.76. The van der Waals surface area contributed by atoms with E-state index in [0.717, 1.165) is 30.7 Å². The van der Waals surface area contributed by atoms with Gasteiger partial charge in [-0.05, 0) is 43.0 Å². The van der Waals surface area contributed by atoms with Crippen LogP contribution in [0.15, 0.2) is 18.2 Å². The SMILES string of the molecule is COc1ccc2nc(CC(CN)CC(C)C)sc2c1. The van der Waals surface area contributed by atoms with Crippen LogP contribution in [-0.4, -0.2) is 18.6 Å². The maximum Gasteiger partial charge on any atom is 0.120 e. The van der Waals surface area contributed by atoms with Crippen molar-refractivity contribution in [2.75, 3.05) is 13.7 Å². The van der Waals surface area contributed by atoms with Crippen molar-refractivity contribution in [2.24, 2.45) is 17.6 Å². The molecular weight excluding hydrogens is 256 g/mol. The maximum absolute atomic E-state index is 5.87. The highest BCUT2D eigenvalue weighted by molar-refractivity contribution is 7.18. The van der Waals surface area contributed by atoms with E-state index in [1.165, 1.54) is 9.71 Å². The van der Waals surface area contributed by atoms with E-state index < -0.39 is 0 Å². The zero-order valence-corrected chi connectivity index (χ0v) is 12.7. The van der Waals surface area contributed by atoms with Crippen molar-refractivity contribution in [1.82, 2.24) is 4.98 Å². The third-order valence-corrected chi connectivity index (χ3v) is 4.28. The number of fused-ring (bicyclic) bond motifs is 1. The Hall–Kier alpha value is -1.13. The van der Waals surface area contributed by atoms with Crippen molar-refractivity contribution in [3.05, 3.63) is 23.2 Å². The monoisotopic (exact) mass is 278 g/mol. The summed E-state index contributed by atoms with van der Waals surface area (Å²) in [5, 5.41) is 1.18. The number of hydrogen-bond donors (Lipinski definition) is 1. The van der Waals surface area contributed by atoms with Gasteiger partial charge in [-0.2, -0.15) is 0 Å². The molecule has 1 aromatic heterocycles. The number of hydrogen-bond acceptors (Lipinski definition) is 4. The van der Waals surface area contributed by atoms with Crippen LogP contribution >= 0.6 is 11.3 Å². The predicted molar refractivity (Wildman–Crippen MR) is 81.9 cm³/mol. The average molecular weight is 278 g/mol. The van der Waals surface area contributed by atoms with Crippen molar-refractivity contribution in [1.29, 1.82) is 0 Å². The fourth-order valence-corrected chi connectivity index (χ4v) is 3.45. The number of nitrogens with two attached hydrogens (primary N) is 1. The summed E-state index contributed by atoms with van der Waals surface area (Å²) in [6, 6.07) is 6.03. The molecule has 104 valence electrons. The standard InChI is InChI=1S/C15H22N2OS/c1-10(2)6-11(9-16)7-15-17-13-5-4-12(18-3)8-14(13)19-15/h4-5,8,10-11H,6-7,9,16H2,1-3H3. The van der Waals surface area contributed by atoms with E-state index in [9.17, 15) is 0 Å². The Balaban J connectivity index is 2.16. The summed E-state index contributed by atoms with van der Waals surface area (Å²) in [4.78, 5) is 4.69. The summed E-state index contributed by atoms with van der Waals surface area (Å²) in [6.45, 7) is 5.22. The third-order valence-electron chi connectivity index (χ3n) is 3.24. The van der Waals surface area contributed by atoms with Crippen molar-refractivity contribution in [2.45, 2.75) is 26.7 Å². The molecular formula is C15H22N2OS. The molecule has 0 aliphatic carbocycles. The van der Waals surface area contributed by atoms with Crippen molar-refractivity contribution in [3.8, 4) is 5.75 Å². The Bertz CT molecular complexity index is 536. The third kappa shape index (κ3) is 3.67. The van der Waals surface area contributed by atoms with Crippen LogP contribution in [0.1, 0.15) is 25.3 Å². The molecule has 0 spiro atoms. The summed E-state index contributed by atoms with van der Waals surface area (Å²) in [6.07, 6.45) is 2.14. The lowest BCUT2D eigenvalue weighted by Gasteiger charge is -2.15. The fraction of sp³-hybridized carbons (Fsp3) is 0.533. The highest BCUT2D eigenvalue weighted by Gasteiger charge is 2.13. The van der Waals surface area contributed by atoms with Gasteiger partial charge in [-0.25, -0.2) is 4.98 Å². The summed E-state index contributed by atoms with van der Waals surface area (Å²) < 4.78 is 6.43. The molecule has 4 heteroatoms. The van der Waals surface area contributed by atoms with E-state index in [2.05, 4.69) is 19.9 Å². The van der Waals surface area contributed by atoms with Crippen LogP contribution < -0.4 is 10.5 Å². The van der Waals surface area contributed by atoms with Gasteiger partial charge < -0.3 is 10.5 Å². The lowest BCUT2D eigenvalue weighted by atomic mass is 9.94. The number of thiazole rings is 1. The summed E-state index contributed by atoms with van der Waals surface area (Å²) in [5.41, 5.74) is 6.92. The van der Waals surface area contributed by atoms with Gasteiger partial charge in [-0.15, -0.1) is 11.3 Å². The lowest BCUT2D eigenvalue weighted by Crippen LogP contribution is -2.18. The first kappa shape index (κ1) is 14.3. The van der Waals surface area contributed by atoms with Crippen LogP contribution in [0, 0.1) is 11.8 Å². The Morgan fingerprint density at radius 1 is 1.37 bits per heavy atom. The zero-order valence-electron chi connectivity index (χ0n) is 11.8. The fourth-order valence-electron chi connectivity index (χ4n) is 2.34. The van der Waals surface area contributed by atoms with Crippen molar-refractivity contribution >= 4 is 21.6 Å². The highest BCUT2D eigenvalue weighted by Crippen LogP contribution is 2.28. The Labute approximate surface area is 118 Å². The number of benzene rings is 1. The topological polar surface area (TPSA) is 48.1 Å². The van der Waals surface area contributed by atoms with Crippen molar-refractivity contribution in [3.63, 3.8) is 0 Å². The number of aromatic nitrogens is 1. The summed E-state index contributed by atoms with van der Waals surface area (Å²) in [7, 11) is 1.69. The maximum atomic E-state index is 5.87. The van der Waals surface area contributed by atoms with E-state index in [1.807, 2.05) is 12.1 Å². The Kier molecular flexibility index (Phi) is 4.77. The molecule has 1 heterocycles. The van der Waals surface area contributed by atoms with E-state index in [0.29, 0.717) is 11.8 Å². The van der Waals surface area contributed by atoms with Crippen LogP contribution in [0.2, 0.25) is 0 Å². The van der Waals surface area contributed by atoms with Gasteiger partial charge in [0, 0.05) is 6.42 Å². The van der Waals surface area contributed by atoms with Gasteiger partial charge in [0.1, 0.15) is 5.75 Å². The van der Waals surface area contributed by atoms with Gasteiger partial charge in [-0.3, -0.25) is 0 Å². The van der Waals surface area contributed by atoms with Crippen LogP contribution in [0.3, 0.4) is 0 Å². The number of rotatable bonds is 6. The van der Waals surface area contributed by atoms with Crippen LogP contribution in [-0.2, 0) is 6.42 Å². The highest BCUT2D eigenvalue weighted by atomic mass is 32.1. The number of ether oxygens (including phenoxy) is 1. The van der Waals surface area contributed by atoms with Crippen LogP contribution in [0.4, 0.5) is 0 Å². The summed E-state index contributed by atoms with van der Waals surface area (Å²) in [5.74, 6) is 2.10. The second kappa shape index (κ2) is 6.35. The minimum absolute atomic E-state index is 0.530. The smallest absolute Gasteiger partial charge is 0.120 e. The molecule has 0 aliphatic rings. The van der Waals surface area contributed by atoms with Gasteiger partial charge in [0.25, 0.3) is 0 Å². The molecule has 0 amide bonds. The predicted octanol–water partition coefficient (Wildman–Crippen LogP) is 3.47. The molecule has 0 radical (unpaired) electrons. The normalized spacial score (nSPS) is 13.1. The molecule has 1 unspecified atom stereocenters. The van der Waals surface area contributed by atoms with E-state index in [4.69, 9.17) is 15.5 Å². The van der Waals surface area contributed by atoms with E-state index >= 15 is 0 Å². The van der Waals surface area contributed by atoms with Crippen LogP contribution in [0.5, 0.6) is 5.75 Å². The molecule has 0 saturated heterocycles. The largest absolute Gasteiger partial charge is 0.497 e.